The maximum Gasteiger partial charge on any atom is 0.315 e. The summed E-state index contributed by atoms with van der Waals surface area (Å²) in [5, 5.41) is 0. The SMILES string of the molecule is COCCOCCC[Si](C)(O[SiH](C)O[Si](C)(C)C)O[Si](C)(C)C. The Morgan fingerprint density at radius 1 is 0.783 bits per heavy atom. The molecule has 0 bridgehead atoms. The molecular weight excluding hydrogens is 360 g/mol. The summed E-state index contributed by atoms with van der Waals surface area (Å²) >= 11 is 0. The zero-order valence-corrected chi connectivity index (χ0v) is 20.8. The van der Waals surface area contributed by atoms with Crippen LogP contribution in [0.1, 0.15) is 6.42 Å². The van der Waals surface area contributed by atoms with Crippen LogP contribution in [0.15, 0.2) is 0 Å². The van der Waals surface area contributed by atoms with Gasteiger partial charge in [-0.3, -0.25) is 0 Å². The van der Waals surface area contributed by atoms with Crippen LogP contribution in [0.2, 0.25) is 58.4 Å². The smallest absolute Gasteiger partial charge is 0.315 e. The van der Waals surface area contributed by atoms with Crippen LogP contribution in [0, 0.1) is 0 Å². The van der Waals surface area contributed by atoms with Crippen LogP contribution in [-0.4, -0.2) is 61.4 Å². The summed E-state index contributed by atoms with van der Waals surface area (Å²) in [6.45, 7) is 19.6. The zero-order valence-electron chi connectivity index (χ0n) is 16.7. The minimum Gasteiger partial charge on any atom is -0.439 e. The lowest BCUT2D eigenvalue weighted by atomic mass is 10.5. The predicted octanol–water partition coefficient (Wildman–Crippen LogP) is 3.68. The number of hydrogen-bond donors (Lipinski definition) is 0. The van der Waals surface area contributed by atoms with Crippen molar-refractivity contribution >= 4 is 34.5 Å². The molecule has 0 aromatic heterocycles. The Hall–Kier alpha value is 0.668. The third-order valence-corrected chi connectivity index (χ3v) is 15.7. The van der Waals surface area contributed by atoms with E-state index >= 15 is 0 Å². The van der Waals surface area contributed by atoms with Gasteiger partial charge in [0.2, 0.25) is 0 Å². The highest BCUT2D eigenvalue weighted by atomic mass is 28.5. The van der Waals surface area contributed by atoms with Crippen molar-refractivity contribution in [3.05, 3.63) is 0 Å². The van der Waals surface area contributed by atoms with Gasteiger partial charge in [0.05, 0.1) is 13.2 Å². The van der Waals surface area contributed by atoms with Gasteiger partial charge >= 0.3 is 8.56 Å². The van der Waals surface area contributed by atoms with Crippen molar-refractivity contribution in [1.29, 1.82) is 0 Å². The lowest BCUT2D eigenvalue weighted by molar-refractivity contribution is 0.0703. The monoisotopic (exact) mass is 398 g/mol. The molecule has 23 heavy (non-hydrogen) atoms. The number of rotatable bonds is 13. The van der Waals surface area contributed by atoms with Gasteiger partial charge in [0.25, 0.3) is 9.28 Å². The highest BCUT2D eigenvalue weighted by molar-refractivity contribution is 6.85. The second kappa shape index (κ2) is 10.6. The molecule has 0 rings (SSSR count). The molecule has 0 aromatic rings. The summed E-state index contributed by atoms with van der Waals surface area (Å²) in [5.41, 5.74) is 0. The van der Waals surface area contributed by atoms with Crippen LogP contribution in [0.25, 0.3) is 0 Å². The molecule has 0 aromatic carbocycles. The van der Waals surface area contributed by atoms with E-state index in [9.17, 15) is 0 Å². The first kappa shape index (κ1) is 23.7. The highest BCUT2D eigenvalue weighted by Gasteiger charge is 2.38. The molecule has 9 heteroatoms. The first-order valence-corrected chi connectivity index (χ1v) is 19.9. The molecule has 0 saturated carbocycles. The summed E-state index contributed by atoms with van der Waals surface area (Å²) in [5.74, 6) is 0. The fourth-order valence-corrected chi connectivity index (χ4v) is 17.3. The van der Waals surface area contributed by atoms with E-state index in [4.69, 9.17) is 21.8 Å². The van der Waals surface area contributed by atoms with E-state index < -0.39 is 34.5 Å². The third kappa shape index (κ3) is 14.7. The quantitative estimate of drug-likeness (QED) is 0.350. The van der Waals surface area contributed by atoms with Crippen molar-refractivity contribution in [2.75, 3.05) is 26.9 Å². The average molecular weight is 399 g/mol. The molecule has 0 aliphatic rings. The van der Waals surface area contributed by atoms with E-state index in [-0.39, 0.29) is 0 Å². The maximum atomic E-state index is 6.48. The standard InChI is InChI=1S/C14H38O5Si4/c1-15-12-13-16-11-10-14-23(9,19-22(6,7)8)18-20(2)17-21(3,4)5/h20H,10-14H2,1-9H3. The van der Waals surface area contributed by atoms with Crippen molar-refractivity contribution in [1.82, 2.24) is 0 Å². The van der Waals surface area contributed by atoms with Gasteiger partial charge in [0, 0.05) is 13.7 Å². The number of hydrogen-bond acceptors (Lipinski definition) is 5. The zero-order chi connectivity index (χ0) is 18.1. The predicted molar refractivity (Wildman–Crippen MR) is 107 cm³/mol. The van der Waals surface area contributed by atoms with Crippen molar-refractivity contribution in [2.24, 2.45) is 0 Å². The Labute approximate surface area is 148 Å². The third-order valence-electron chi connectivity index (χ3n) is 2.81. The molecule has 0 fully saturated rings. The Bertz CT molecular complexity index is 319. The molecule has 0 radical (unpaired) electrons. The average Bonchev–Trinajstić information content (AvgIpc) is 2.28. The van der Waals surface area contributed by atoms with Crippen molar-refractivity contribution < 1.29 is 21.8 Å². The van der Waals surface area contributed by atoms with Crippen molar-refractivity contribution in [3.63, 3.8) is 0 Å². The summed E-state index contributed by atoms with van der Waals surface area (Å²) in [7, 11) is -5.37. The topological polar surface area (TPSA) is 46.2 Å². The summed E-state index contributed by atoms with van der Waals surface area (Å²) in [6, 6.07) is 0.955. The number of methoxy groups -OCH3 is 1. The molecule has 0 heterocycles. The van der Waals surface area contributed by atoms with Crippen molar-refractivity contribution in [2.45, 2.75) is 64.8 Å². The summed E-state index contributed by atoms with van der Waals surface area (Å²) in [6.07, 6.45) is 0.963. The molecule has 0 spiro atoms. The molecule has 5 nitrogen and oxygen atoms in total. The minimum absolute atomic E-state index is 0.643. The normalized spacial score (nSPS) is 17.1. The highest BCUT2D eigenvalue weighted by Crippen LogP contribution is 2.23. The van der Waals surface area contributed by atoms with Gasteiger partial charge in [-0.05, 0) is 64.8 Å². The Morgan fingerprint density at radius 2 is 1.39 bits per heavy atom. The van der Waals surface area contributed by atoms with Gasteiger partial charge in [-0.1, -0.05) is 0 Å². The maximum absolute atomic E-state index is 6.48. The lowest BCUT2D eigenvalue weighted by Gasteiger charge is -2.37. The van der Waals surface area contributed by atoms with Crippen LogP contribution in [0.5, 0.6) is 0 Å². The van der Waals surface area contributed by atoms with E-state index in [1.807, 2.05) is 0 Å². The molecular formula is C14H38O5Si4. The van der Waals surface area contributed by atoms with E-state index in [2.05, 4.69) is 52.4 Å². The molecule has 2 unspecified atom stereocenters. The van der Waals surface area contributed by atoms with Gasteiger partial charge in [-0.2, -0.15) is 0 Å². The largest absolute Gasteiger partial charge is 0.439 e. The fourth-order valence-electron chi connectivity index (χ4n) is 2.39. The van der Waals surface area contributed by atoms with E-state index in [0.717, 1.165) is 19.1 Å². The Kier molecular flexibility index (Phi) is 10.9. The van der Waals surface area contributed by atoms with Gasteiger partial charge in [0.1, 0.15) is 0 Å². The minimum atomic E-state index is -2.21. The van der Waals surface area contributed by atoms with Gasteiger partial charge < -0.3 is 21.8 Å². The van der Waals surface area contributed by atoms with E-state index in [1.54, 1.807) is 7.11 Å². The van der Waals surface area contributed by atoms with E-state index in [1.165, 1.54) is 0 Å². The van der Waals surface area contributed by atoms with Crippen molar-refractivity contribution in [3.8, 4) is 0 Å². The Morgan fingerprint density at radius 3 is 1.87 bits per heavy atom. The molecule has 140 valence electrons. The lowest BCUT2D eigenvalue weighted by Crippen LogP contribution is -2.51. The van der Waals surface area contributed by atoms with Crippen LogP contribution < -0.4 is 0 Å². The summed E-state index contributed by atoms with van der Waals surface area (Å²) < 4.78 is 29.7. The second-order valence-electron chi connectivity index (χ2n) is 7.97. The molecule has 0 amide bonds. The van der Waals surface area contributed by atoms with Crippen LogP contribution >= 0.6 is 0 Å². The molecule has 2 atom stereocenters. The Balaban J connectivity index is 4.52. The van der Waals surface area contributed by atoms with Gasteiger partial charge in [0.15, 0.2) is 16.6 Å². The van der Waals surface area contributed by atoms with Crippen LogP contribution in [-0.2, 0) is 21.8 Å². The van der Waals surface area contributed by atoms with Gasteiger partial charge in [-0.15, -0.1) is 0 Å². The second-order valence-corrected chi connectivity index (χ2v) is 23.0. The van der Waals surface area contributed by atoms with Crippen LogP contribution in [0.4, 0.5) is 0 Å². The first-order valence-electron chi connectivity index (χ1n) is 8.49. The van der Waals surface area contributed by atoms with E-state index in [0.29, 0.717) is 13.2 Å². The fraction of sp³-hybridized carbons (Fsp3) is 1.00. The number of ether oxygens (including phenoxy) is 2. The first-order chi connectivity index (χ1) is 10.4. The van der Waals surface area contributed by atoms with Crippen LogP contribution in [0.3, 0.4) is 0 Å². The molecule has 0 saturated heterocycles. The molecule has 0 aliphatic heterocycles. The molecule has 0 aliphatic carbocycles. The molecule has 0 N–H and O–H groups in total. The van der Waals surface area contributed by atoms with Gasteiger partial charge in [-0.25, -0.2) is 0 Å². The summed E-state index contributed by atoms with van der Waals surface area (Å²) in [4.78, 5) is 0.